The summed E-state index contributed by atoms with van der Waals surface area (Å²) < 4.78 is 0. The minimum Gasteiger partial charge on any atom is -0.310 e. The summed E-state index contributed by atoms with van der Waals surface area (Å²) in [6.07, 6.45) is 4.77. The van der Waals surface area contributed by atoms with Gasteiger partial charge in [0.2, 0.25) is 5.91 Å². The number of nitrogens with zero attached hydrogens (tertiary/aromatic N) is 2. The zero-order chi connectivity index (χ0) is 16.3. The van der Waals surface area contributed by atoms with Crippen molar-refractivity contribution >= 4 is 17.4 Å². The smallest absolute Gasteiger partial charge is 0.287 e. The lowest BCUT2D eigenvalue weighted by Gasteiger charge is -2.28. The average Bonchev–Trinajstić information content (AvgIpc) is 3.07. The van der Waals surface area contributed by atoms with Gasteiger partial charge in [0, 0.05) is 6.07 Å². The second kappa shape index (κ2) is 6.16. The number of anilines is 1. The van der Waals surface area contributed by atoms with Crippen molar-refractivity contribution in [2.45, 2.75) is 31.1 Å². The van der Waals surface area contributed by atoms with Crippen molar-refractivity contribution in [1.29, 1.82) is 0 Å². The van der Waals surface area contributed by atoms with Crippen LogP contribution in [0.25, 0.3) is 0 Å². The van der Waals surface area contributed by atoms with Crippen LogP contribution in [0.15, 0.2) is 48.7 Å². The summed E-state index contributed by atoms with van der Waals surface area (Å²) in [5.41, 5.74) is 0.378. The van der Waals surface area contributed by atoms with Crippen LogP contribution < -0.4 is 5.32 Å². The molecule has 0 saturated heterocycles. The molecule has 3 rings (SSSR count). The van der Waals surface area contributed by atoms with Crippen LogP contribution >= 0.6 is 0 Å². The van der Waals surface area contributed by atoms with E-state index in [1.54, 1.807) is 0 Å². The maximum absolute atomic E-state index is 12.9. The molecule has 6 nitrogen and oxygen atoms in total. The largest absolute Gasteiger partial charge is 0.310 e. The predicted molar refractivity (Wildman–Crippen MR) is 86.1 cm³/mol. The number of amides is 1. The normalized spacial score (nSPS) is 16.0. The van der Waals surface area contributed by atoms with Gasteiger partial charge in [-0.25, -0.2) is 4.98 Å². The number of hydrogen-bond donors (Lipinski definition) is 1. The van der Waals surface area contributed by atoms with E-state index in [2.05, 4.69) is 10.3 Å². The third kappa shape index (κ3) is 2.92. The standard InChI is InChI=1S/C17H17N3O3/c21-16(19-15-9-8-14(12-18-15)20(22)23)17(10-4-5-11-17)13-6-2-1-3-7-13/h1-3,6-9,12H,4-5,10-11H2,(H,18,19,21). The molecule has 1 N–H and O–H groups in total. The molecule has 6 heteroatoms. The molecule has 1 aromatic carbocycles. The molecular weight excluding hydrogens is 294 g/mol. The Morgan fingerprint density at radius 1 is 1.13 bits per heavy atom. The highest BCUT2D eigenvalue weighted by Crippen LogP contribution is 2.41. The van der Waals surface area contributed by atoms with Crippen LogP contribution in [0.2, 0.25) is 0 Å². The second-order valence-electron chi connectivity index (χ2n) is 5.77. The van der Waals surface area contributed by atoms with Crippen molar-refractivity contribution < 1.29 is 9.72 Å². The first-order valence-corrected chi connectivity index (χ1v) is 7.59. The second-order valence-corrected chi connectivity index (χ2v) is 5.77. The van der Waals surface area contributed by atoms with Gasteiger partial charge in [0.15, 0.2) is 0 Å². The molecule has 0 aliphatic heterocycles. The fourth-order valence-electron chi connectivity index (χ4n) is 3.19. The molecule has 23 heavy (non-hydrogen) atoms. The van der Waals surface area contributed by atoms with Gasteiger partial charge in [-0.2, -0.15) is 0 Å². The number of carbonyl (C=O) groups excluding carboxylic acids is 1. The van der Waals surface area contributed by atoms with Gasteiger partial charge in [-0.1, -0.05) is 43.2 Å². The van der Waals surface area contributed by atoms with Crippen LogP contribution in [0.3, 0.4) is 0 Å². The van der Waals surface area contributed by atoms with E-state index >= 15 is 0 Å². The lowest BCUT2D eigenvalue weighted by atomic mass is 9.78. The monoisotopic (exact) mass is 311 g/mol. The number of rotatable bonds is 4. The Kier molecular flexibility index (Phi) is 4.06. The summed E-state index contributed by atoms with van der Waals surface area (Å²) >= 11 is 0. The Balaban J connectivity index is 1.84. The first-order chi connectivity index (χ1) is 11.1. The summed E-state index contributed by atoms with van der Waals surface area (Å²) in [6, 6.07) is 12.6. The molecule has 1 fully saturated rings. The van der Waals surface area contributed by atoms with Gasteiger partial charge < -0.3 is 5.32 Å². The van der Waals surface area contributed by atoms with Crippen molar-refractivity contribution in [3.63, 3.8) is 0 Å². The molecule has 1 aromatic heterocycles. The highest BCUT2D eigenvalue weighted by molar-refractivity contribution is 5.98. The maximum atomic E-state index is 12.9. The molecule has 1 saturated carbocycles. The minimum atomic E-state index is -0.537. The minimum absolute atomic E-state index is 0.0949. The van der Waals surface area contributed by atoms with E-state index in [4.69, 9.17) is 0 Å². The number of benzene rings is 1. The van der Waals surface area contributed by atoms with Crippen LogP contribution in [-0.4, -0.2) is 15.8 Å². The lowest BCUT2D eigenvalue weighted by molar-refractivity contribution is -0.385. The number of hydrogen-bond acceptors (Lipinski definition) is 4. The topological polar surface area (TPSA) is 85.1 Å². The number of carbonyl (C=O) groups is 1. The highest BCUT2D eigenvalue weighted by Gasteiger charge is 2.42. The number of nitrogens with one attached hydrogen (secondary N) is 1. The third-order valence-corrected chi connectivity index (χ3v) is 4.42. The van der Waals surface area contributed by atoms with E-state index in [-0.39, 0.29) is 11.6 Å². The van der Waals surface area contributed by atoms with Crippen LogP contribution in [0, 0.1) is 10.1 Å². The van der Waals surface area contributed by atoms with E-state index in [1.165, 1.54) is 12.1 Å². The third-order valence-electron chi connectivity index (χ3n) is 4.42. The maximum Gasteiger partial charge on any atom is 0.287 e. The summed E-state index contributed by atoms with van der Waals surface area (Å²) in [4.78, 5) is 27.0. The van der Waals surface area contributed by atoms with E-state index in [0.29, 0.717) is 5.82 Å². The zero-order valence-electron chi connectivity index (χ0n) is 12.6. The quantitative estimate of drug-likeness (QED) is 0.692. The van der Waals surface area contributed by atoms with Crippen LogP contribution in [0.5, 0.6) is 0 Å². The highest BCUT2D eigenvalue weighted by atomic mass is 16.6. The molecule has 1 aliphatic carbocycles. The molecule has 2 aromatic rings. The molecule has 0 unspecified atom stereocenters. The molecule has 118 valence electrons. The fourth-order valence-corrected chi connectivity index (χ4v) is 3.19. The molecule has 0 bridgehead atoms. The van der Waals surface area contributed by atoms with Gasteiger partial charge in [-0.3, -0.25) is 14.9 Å². The van der Waals surface area contributed by atoms with Crippen LogP contribution in [0.4, 0.5) is 11.5 Å². The van der Waals surface area contributed by atoms with Crippen molar-refractivity contribution in [1.82, 2.24) is 4.98 Å². The predicted octanol–water partition coefficient (Wildman–Crippen LogP) is 3.44. The van der Waals surface area contributed by atoms with Gasteiger partial charge in [-0.15, -0.1) is 0 Å². The first kappa shape index (κ1) is 15.1. The van der Waals surface area contributed by atoms with Crippen LogP contribution in [0.1, 0.15) is 31.2 Å². The zero-order valence-corrected chi connectivity index (χ0v) is 12.6. The van der Waals surface area contributed by atoms with Gasteiger partial charge in [0.05, 0.1) is 10.3 Å². The van der Waals surface area contributed by atoms with Gasteiger partial charge in [0.1, 0.15) is 12.0 Å². The molecule has 0 spiro atoms. The van der Waals surface area contributed by atoms with Crippen molar-refractivity contribution in [3.05, 3.63) is 64.3 Å². The molecule has 0 atom stereocenters. The molecule has 0 radical (unpaired) electrons. The summed E-state index contributed by atoms with van der Waals surface area (Å²) in [5.74, 6) is 0.241. The van der Waals surface area contributed by atoms with Gasteiger partial charge in [-0.05, 0) is 24.5 Å². The van der Waals surface area contributed by atoms with Crippen molar-refractivity contribution in [2.24, 2.45) is 0 Å². The van der Waals surface area contributed by atoms with Gasteiger partial charge >= 0.3 is 0 Å². The van der Waals surface area contributed by atoms with Crippen molar-refractivity contribution in [3.8, 4) is 0 Å². The number of pyridine rings is 1. The van der Waals surface area contributed by atoms with E-state index in [9.17, 15) is 14.9 Å². The summed E-state index contributed by atoms with van der Waals surface area (Å²) in [5, 5.41) is 13.5. The Morgan fingerprint density at radius 3 is 2.39 bits per heavy atom. The van der Waals surface area contributed by atoms with Crippen molar-refractivity contribution in [2.75, 3.05) is 5.32 Å². The van der Waals surface area contributed by atoms with E-state index in [0.717, 1.165) is 37.4 Å². The molecular formula is C17H17N3O3. The number of nitro groups is 1. The first-order valence-electron chi connectivity index (χ1n) is 7.59. The van der Waals surface area contributed by atoms with E-state index < -0.39 is 10.3 Å². The van der Waals surface area contributed by atoms with E-state index in [1.807, 2.05) is 30.3 Å². The molecule has 1 aliphatic rings. The number of aromatic nitrogens is 1. The van der Waals surface area contributed by atoms with Crippen LogP contribution in [-0.2, 0) is 10.2 Å². The average molecular weight is 311 g/mol. The fraction of sp³-hybridized carbons (Fsp3) is 0.294. The summed E-state index contributed by atoms with van der Waals surface area (Å²) in [7, 11) is 0. The Morgan fingerprint density at radius 2 is 1.83 bits per heavy atom. The Hall–Kier alpha value is -2.76. The molecule has 1 heterocycles. The molecule has 1 amide bonds. The Bertz CT molecular complexity index is 708. The lowest BCUT2D eigenvalue weighted by Crippen LogP contribution is -2.38. The SMILES string of the molecule is O=C(Nc1ccc([N+](=O)[O-])cn1)C1(c2ccccc2)CCCC1. The van der Waals surface area contributed by atoms with Gasteiger partial charge in [0.25, 0.3) is 5.69 Å². The summed E-state index contributed by atoms with van der Waals surface area (Å²) in [6.45, 7) is 0. The Labute approximate surface area is 133 Å².